The van der Waals surface area contributed by atoms with Gasteiger partial charge >= 0.3 is 18.8 Å². The summed E-state index contributed by atoms with van der Waals surface area (Å²) in [4.78, 5) is 23.8. The molecule has 0 aromatic heterocycles. The average molecular weight is 559 g/mol. The van der Waals surface area contributed by atoms with Gasteiger partial charge in [-0.05, 0) is 32.1 Å². The third kappa shape index (κ3) is 9.48. The van der Waals surface area contributed by atoms with Crippen LogP contribution in [0.1, 0.15) is 25.0 Å². The maximum absolute atomic E-state index is 14.3. The van der Waals surface area contributed by atoms with Gasteiger partial charge < -0.3 is 36.5 Å². The molecule has 2 atom stereocenters. The van der Waals surface area contributed by atoms with Crippen LogP contribution in [0, 0.1) is 22.5 Å². The zero-order valence-electron chi connectivity index (χ0n) is 20.5. The second-order valence-electron chi connectivity index (χ2n) is 8.45. The van der Waals surface area contributed by atoms with Crippen LogP contribution in [0.15, 0.2) is 24.4 Å². The molecule has 1 aromatic carbocycles. The highest BCUT2D eigenvalue weighted by Gasteiger charge is 2.55. The number of carbonyl (C=O) groups is 2. The quantitative estimate of drug-likeness (QED) is 0.125. The fourth-order valence-corrected chi connectivity index (χ4v) is 2.90. The smallest absolute Gasteiger partial charge is 0.407 e. The number of aliphatic hydroxyl groups excluding tert-OH is 1. The summed E-state index contributed by atoms with van der Waals surface area (Å²) in [6.07, 6.45) is -5.95. The molecule has 0 radical (unpaired) electrons. The van der Waals surface area contributed by atoms with E-state index in [1.165, 1.54) is 0 Å². The summed E-state index contributed by atoms with van der Waals surface area (Å²) in [6, 6.07) is -0.484. The molecule has 38 heavy (non-hydrogen) atoms. The molecule has 6 N–H and O–H groups in total. The van der Waals surface area contributed by atoms with E-state index in [9.17, 15) is 45.4 Å². The van der Waals surface area contributed by atoms with E-state index in [-0.39, 0.29) is 12.1 Å². The van der Waals surface area contributed by atoms with Crippen molar-refractivity contribution in [1.29, 1.82) is 5.41 Å². The van der Waals surface area contributed by atoms with Crippen LogP contribution in [0.4, 0.5) is 35.5 Å². The van der Waals surface area contributed by atoms with Crippen LogP contribution in [0.25, 0.3) is 0 Å². The molecule has 9 nitrogen and oxygen atoms in total. The number of methoxy groups -OCH3 is 1. The van der Waals surface area contributed by atoms with Crippen molar-refractivity contribution in [3.8, 4) is 0 Å². The molecule has 0 fully saturated rings. The van der Waals surface area contributed by atoms with Gasteiger partial charge in [0.2, 0.25) is 5.91 Å². The van der Waals surface area contributed by atoms with E-state index in [2.05, 4.69) is 15.4 Å². The number of aliphatic hydroxyl groups is 1. The van der Waals surface area contributed by atoms with Crippen molar-refractivity contribution < 1.29 is 50.2 Å². The molecular formula is C22H28F7N5O4. The van der Waals surface area contributed by atoms with Crippen molar-refractivity contribution in [2.75, 3.05) is 20.2 Å². The lowest BCUT2D eigenvalue weighted by Gasteiger charge is -2.35. The van der Waals surface area contributed by atoms with Crippen molar-refractivity contribution in [3.05, 3.63) is 47.2 Å². The fraction of sp³-hybridized carbons (Fsp3) is 0.500. The average Bonchev–Trinajstić information content (AvgIpc) is 2.81. The molecule has 16 heteroatoms. The van der Waals surface area contributed by atoms with Crippen molar-refractivity contribution in [2.45, 2.75) is 45.3 Å². The Morgan fingerprint density at radius 1 is 1.13 bits per heavy atom. The van der Waals surface area contributed by atoms with Gasteiger partial charge in [-0.2, -0.15) is 22.0 Å². The molecule has 0 aliphatic carbocycles. The minimum atomic E-state index is -4.89. The summed E-state index contributed by atoms with van der Waals surface area (Å²) in [6.45, 7) is -2.87. The Hall–Kier alpha value is -3.40. The molecule has 1 unspecified atom stereocenters. The van der Waals surface area contributed by atoms with E-state index in [0.29, 0.717) is 13.8 Å². The van der Waals surface area contributed by atoms with Gasteiger partial charge in [0.25, 0.3) is 0 Å². The number of allylic oxidation sites excluding steroid dienone is 1. The molecule has 0 saturated heterocycles. The molecule has 214 valence electrons. The highest BCUT2D eigenvalue weighted by molar-refractivity contribution is 6.06. The third-order valence-corrected chi connectivity index (χ3v) is 5.28. The van der Waals surface area contributed by atoms with Gasteiger partial charge in [-0.15, -0.1) is 0 Å². The van der Waals surface area contributed by atoms with Gasteiger partial charge in [-0.3, -0.25) is 4.79 Å². The Bertz CT molecular complexity index is 995. The lowest BCUT2D eigenvalue weighted by atomic mass is 9.83. The second-order valence-corrected chi connectivity index (χ2v) is 8.45. The number of alkyl carbamates (subject to hydrolysis) is 1. The summed E-state index contributed by atoms with van der Waals surface area (Å²) in [5.74, 6) is -3.40. The topological polar surface area (TPSA) is 136 Å². The SMILES string of the molecule is COC(=O)NC(C(=O)NC[C@@H](O)CNCc1c(F)cc(C(=N)/C=C\NC(F)F)cc1F)C(C)(C)C(F)(F)F. The summed E-state index contributed by atoms with van der Waals surface area (Å²) >= 11 is 0. The van der Waals surface area contributed by atoms with Gasteiger partial charge in [-0.1, -0.05) is 0 Å². The Morgan fingerprint density at radius 2 is 1.71 bits per heavy atom. The molecule has 0 saturated carbocycles. The van der Waals surface area contributed by atoms with Crippen LogP contribution in [0.3, 0.4) is 0 Å². The van der Waals surface area contributed by atoms with Crippen LogP contribution >= 0.6 is 0 Å². The minimum absolute atomic E-state index is 0.226. The van der Waals surface area contributed by atoms with Crippen molar-refractivity contribution in [1.82, 2.24) is 21.3 Å². The molecule has 1 rings (SSSR count). The lowest BCUT2D eigenvalue weighted by molar-refractivity contribution is -0.220. The van der Waals surface area contributed by atoms with E-state index in [0.717, 1.165) is 31.5 Å². The zero-order valence-corrected chi connectivity index (χ0v) is 20.5. The van der Waals surface area contributed by atoms with E-state index < -0.39 is 78.3 Å². The Labute approximate surface area is 213 Å². The molecule has 0 aliphatic heterocycles. The molecule has 0 bridgehead atoms. The van der Waals surface area contributed by atoms with Crippen molar-refractivity contribution in [3.63, 3.8) is 0 Å². The molecule has 0 heterocycles. The minimum Gasteiger partial charge on any atom is -0.453 e. The lowest BCUT2D eigenvalue weighted by Crippen LogP contribution is -2.60. The first kappa shape index (κ1) is 32.6. The normalized spacial score (nSPS) is 13.8. The Kier molecular flexibility index (Phi) is 12.0. The van der Waals surface area contributed by atoms with E-state index in [1.54, 1.807) is 5.32 Å². The fourth-order valence-electron chi connectivity index (χ4n) is 2.90. The van der Waals surface area contributed by atoms with Crippen molar-refractivity contribution in [2.24, 2.45) is 5.41 Å². The number of amides is 2. The van der Waals surface area contributed by atoms with Gasteiger partial charge in [0.05, 0.1) is 24.3 Å². The first-order chi connectivity index (χ1) is 17.5. The van der Waals surface area contributed by atoms with E-state index in [4.69, 9.17) is 5.41 Å². The van der Waals surface area contributed by atoms with Crippen LogP contribution in [0.5, 0.6) is 0 Å². The first-order valence-corrected chi connectivity index (χ1v) is 10.9. The van der Waals surface area contributed by atoms with Crippen LogP contribution in [-0.4, -0.2) is 67.9 Å². The monoisotopic (exact) mass is 559 g/mol. The summed E-state index contributed by atoms with van der Waals surface area (Å²) < 4.78 is 97.3. The number of halogens is 7. The predicted octanol–water partition coefficient (Wildman–Crippen LogP) is 2.54. The van der Waals surface area contributed by atoms with Gasteiger partial charge in [0.15, 0.2) is 0 Å². The summed E-state index contributed by atoms with van der Waals surface area (Å²) in [5, 5.41) is 25.7. The van der Waals surface area contributed by atoms with Crippen LogP contribution in [-0.2, 0) is 16.1 Å². The van der Waals surface area contributed by atoms with Gasteiger partial charge in [0.1, 0.15) is 17.7 Å². The molecular weight excluding hydrogens is 531 g/mol. The molecule has 2 amide bonds. The largest absolute Gasteiger partial charge is 0.453 e. The molecule has 0 spiro atoms. The highest BCUT2D eigenvalue weighted by atomic mass is 19.4. The number of ether oxygens (including phenoxy) is 1. The third-order valence-electron chi connectivity index (χ3n) is 5.28. The molecule has 0 aliphatic rings. The number of hydrogen-bond donors (Lipinski definition) is 6. The van der Waals surface area contributed by atoms with Crippen LogP contribution in [0.2, 0.25) is 0 Å². The number of benzene rings is 1. The standard InChI is InChI=1S/C22H28F7N5O4/c1-21(2,22(27,28)29)17(34-20(37)38-3)18(36)33-9-12(35)8-31-10-13-14(23)6-11(7-15(13)24)16(30)4-5-32-19(25)26/h4-7,12,17,19,30-32,35H,8-10H2,1-3H3,(H,33,36)(H,34,37)/b5-4-,30-16?/t12-,17?/m0/s1. The van der Waals surface area contributed by atoms with Gasteiger partial charge in [0, 0.05) is 37.0 Å². The summed E-state index contributed by atoms with van der Waals surface area (Å²) in [7, 11) is 0.898. The predicted molar refractivity (Wildman–Crippen MR) is 121 cm³/mol. The maximum Gasteiger partial charge on any atom is 0.407 e. The Balaban J connectivity index is 2.73. The maximum atomic E-state index is 14.3. The van der Waals surface area contributed by atoms with E-state index in [1.807, 2.05) is 5.32 Å². The van der Waals surface area contributed by atoms with Crippen LogP contribution < -0.4 is 21.3 Å². The van der Waals surface area contributed by atoms with Gasteiger partial charge in [-0.25, -0.2) is 13.6 Å². The number of rotatable bonds is 13. The van der Waals surface area contributed by atoms with E-state index >= 15 is 0 Å². The first-order valence-electron chi connectivity index (χ1n) is 10.9. The number of alkyl halides is 5. The number of nitrogens with one attached hydrogen (secondary N) is 5. The highest BCUT2D eigenvalue weighted by Crippen LogP contribution is 2.40. The second kappa shape index (κ2) is 13.9. The molecule has 1 aromatic rings. The number of hydrogen-bond acceptors (Lipinski definition) is 7. The Morgan fingerprint density at radius 3 is 2.21 bits per heavy atom. The number of carbonyl (C=O) groups excluding carboxylic acids is 2. The summed E-state index contributed by atoms with van der Waals surface area (Å²) in [5.41, 5.74) is -3.85. The zero-order chi connectivity index (χ0) is 29.3. The van der Waals surface area contributed by atoms with Crippen molar-refractivity contribution >= 4 is 17.7 Å².